The second-order valence-corrected chi connectivity index (χ2v) is 10.9. The number of hydrogen-bond acceptors (Lipinski definition) is 10. The van der Waals surface area contributed by atoms with Crippen LogP contribution in [0.3, 0.4) is 0 Å². The minimum Gasteiger partial charge on any atom is -0.465 e. The van der Waals surface area contributed by atoms with Crippen LogP contribution < -0.4 is 10.6 Å². The molecular formula is C31H28FN3O7S. The number of nitro groups is 1. The van der Waals surface area contributed by atoms with E-state index in [1.54, 1.807) is 32.0 Å². The highest BCUT2D eigenvalue weighted by Crippen LogP contribution is 2.52. The van der Waals surface area contributed by atoms with Gasteiger partial charge in [-0.2, -0.15) is 0 Å². The fourth-order valence-corrected chi connectivity index (χ4v) is 6.63. The van der Waals surface area contributed by atoms with Crippen LogP contribution in [0.5, 0.6) is 0 Å². The van der Waals surface area contributed by atoms with E-state index in [-0.39, 0.29) is 59.2 Å². The molecule has 1 aliphatic carbocycles. The largest absolute Gasteiger partial charge is 0.465 e. The SMILES string of the molecule is CCOC(=O)C1=C(N)N(c2ccccc2F)C2=C(C(=O)[C@H](C(=O)OCC)[C@@H](c3cccs3)C2)[C@H]1c1cccc([N+](=O)[O-])c1. The van der Waals surface area contributed by atoms with Crippen LogP contribution in [-0.4, -0.2) is 35.9 Å². The van der Waals surface area contributed by atoms with Gasteiger partial charge in [-0.1, -0.05) is 30.3 Å². The summed E-state index contributed by atoms with van der Waals surface area (Å²) in [6.07, 6.45) is 0.0572. The number of hydrogen-bond donors (Lipinski definition) is 1. The lowest BCUT2D eigenvalue weighted by atomic mass is 9.68. The minimum atomic E-state index is -1.29. The molecule has 43 heavy (non-hydrogen) atoms. The Kier molecular flexibility index (Phi) is 8.40. The van der Waals surface area contributed by atoms with Gasteiger partial charge >= 0.3 is 11.9 Å². The van der Waals surface area contributed by atoms with Crippen molar-refractivity contribution < 1.29 is 33.2 Å². The van der Waals surface area contributed by atoms with Gasteiger partial charge in [0.2, 0.25) is 0 Å². The summed E-state index contributed by atoms with van der Waals surface area (Å²) < 4.78 is 26.1. The fourth-order valence-electron chi connectivity index (χ4n) is 5.77. The first-order valence-electron chi connectivity index (χ1n) is 13.6. The van der Waals surface area contributed by atoms with Crippen molar-refractivity contribution in [3.63, 3.8) is 0 Å². The second-order valence-electron chi connectivity index (χ2n) is 9.87. The molecular weight excluding hydrogens is 577 g/mol. The summed E-state index contributed by atoms with van der Waals surface area (Å²) in [4.78, 5) is 54.8. The minimum absolute atomic E-state index is 0.00753. The molecule has 1 aromatic heterocycles. The highest BCUT2D eigenvalue weighted by atomic mass is 32.1. The van der Waals surface area contributed by atoms with E-state index in [9.17, 15) is 24.5 Å². The topological polar surface area (TPSA) is 142 Å². The van der Waals surface area contributed by atoms with Gasteiger partial charge in [0.15, 0.2) is 5.78 Å². The average Bonchev–Trinajstić information content (AvgIpc) is 3.52. The molecule has 0 fully saturated rings. The Balaban J connectivity index is 1.85. The first-order valence-corrected chi connectivity index (χ1v) is 14.5. The van der Waals surface area contributed by atoms with E-state index in [0.717, 1.165) is 4.88 Å². The van der Waals surface area contributed by atoms with Gasteiger partial charge in [-0.15, -0.1) is 11.3 Å². The van der Waals surface area contributed by atoms with Crippen molar-refractivity contribution in [3.05, 3.63) is 115 Å². The first-order chi connectivity index (χ1) is 20.7. The van der Waals surface area contributed by atoms with Crippen molar-refractivity contribution in [2.45, 2.75) is 32.1 Å². The Hall–Kier alpha value is -4.84. The molecule has 0 spiro atoms. The van der Waals surface area contributed by atoms with Crippen LogP contribution in [0, 0.1) is 21.8 Å². The molecule has 0 saturated carbocycles. The quantitative estimate of drug-likeness (QED) is 0.156. The molecule has 12 heteroatoms. The van der Waals surface area contributed by atoms with Gasteiger partial charge in [0, 0.05) is 34.2 Å². The number of non-ortho nitro benzene ring substituents is 1. The summed E-state index contributed by atoms with van der Waals surface area (Å²) in [5.74, 6) is -6.34. The number of ether oxygens (including phenoxy) is 2. The number of para-hydroxylation sites is 1. The standard InChI is InChI=1S/C31H28FN3O7S/c1-3-41-30(37)25-19(23-13-8-14-43-23)16-22-26(28(25)36)24(17-9-7-10-18(15-17)35(39)40)27(31(38)42-4-2)29(33)34(22)21-12-6-5-11-20(21)32/h5-15,19,24-25H,3-4,16,33H2,1-2H3/t19-,24-,25-/m1/s1. The maximum Gasteiger partial charge on any atom is 0.338 e. The predicted octanol–water partition coefficient (Wildman–Crippen LogP) is 5.32. The Morgan fingerprint density at radius 2 is 1.84 bits per heavy atom. The van der Waals surface area contributed by atoms with E-state index in [1.807, 2.05) is 5.38 Å². The molecule has 0 unspecified atom stereocenters. The normalized spacial score (nSPS) is 20.1. The number of nitro benzene ring substituents is 1. The zero-order chi connectivity index (χ0) is 30.8. The van der Waals surface area contributed by atoms with Crippen molar-refractivity contribution in [3.8, 4) is 0 Å². The molecule has 3 atom stereocenters. The van der Waals surface area contributed by atoms with Crippen LogP contribution in [0.2, 0.25) is 0 Å². The maximum atomic E-state index is 15.4. The predicted molar refractivity (Wildman–Crippen MR) is 156 cm³/mol. The maximum absolute atomic E-state index is 15.4. The molecule has 1 aliphatic heterocycles. The third kappa shape index (κ3) is 5.29. The lowest BCUT2D eigenvalue weighted by Gasteiger charge is -2.43. The number of ketones is 1. The van der Waals surface area contributed by atoms with E-state index >= 15 is 4.39 Å². The lowest BCUT2D eigenvalue weighted by molar-refractivity contribution is -0.384. The summed E-state index contributed by atoms with van der Waals surface area (Å²) in [5, 5.41) is 13.5. The van der Waals surface area contributed by atoms with Crippen LogP contribution in [0.15, 0.2) is 88.7 Å². The summed E-state index contributed by atoms with van der Waals surface area (Å²) >= 11 is 1.36. The molecule has 3 aromatic rings. The first kappa shape index (κ1) is 29.6. The fraction of sp³-hybridized carbons (Fsp3) is 0.258. The summed E-state index contributed by atoms with van der Waals surface area (Å²) in [7, 11) is 0. The number of rotatable bonds is 8. The van der Waals surface area contributed by atoms with Gasteiger partial charge in [-0.3, -0.25) is 24.6 Å². The van der Waals surface area contributed by atoms with Crippen LogP contribution in [0.4, 0.5) is 15.8 Å². The van der Waals surface area contributed by atoms with Crippen LogP contribution >= 0.6 is 11.3 Å². The molecule has 2 heterocycles. The Morgan fingerprint density at radius 3 is 2.49 bits per heavy atom. The van der Waals surface area contributed by atoms with E-state index in [1.165, 1.54) is 58.7 Å². The molecule has 5 rings (SSSR count). The number of anilines is 1. The Labute approximate surface area is 250 Å². The van der Waals surface area contributed by atoms with E-state index in [0.29, 0.717) is 0 Å². The van der Waals surface area contributed by atoms with E-state index in [4.69, 9.17) is 15.2 Å². The molecule has 0 bridgehead atoms. The van der Waals surface area contributed by atoms with E-state index < -0.39 is 46.2 Å². The van der Waals surface area contributed by atoms with Gasteiger partial charge < -0.3 is 15.2 Å². The number of halogens is 1. The number of carbonyl (C=O) groups excluding carboxylic acids is 3. The zero-order valence-corrected chi connectivity index (χ0v) is 24.1. The van der Waals surface area contributed by atoms with Crippen molar-refractivity contribution >= 4 is 40.4 Å². The molecule has 2 N–H and O–H groups in total. The van der Waals surface area contributed by atoms with Crippen molar-refractivity contribution in [2.75, 3.05) is 18.1 Å². The van der Waals surface area contributed by atoms with Gasteiger partial charge in [0.1, 0.15) is 17.6 Å². The number of carbonyl (C=O) groups is 3. The Morgan fingerprint density at radius 1 is 1.09 bits per heavy atom. The number of esters is 2. The highest BCUT2D eigenvalue weighted by molar-refractivity contribution is 7.10. The van der Waals surface area contributed by atoms with Crippen LogP contribution in [0.25, 0.3) is 0 Å². The monoisotopic (exact) mass is 605 g/mol. The van der Waals surface area contributed by atoms with Gasteiger partial charge in [0.25, 0.3) is 5.69 Å². The van der Waals surface area contributed by atoms with Crippen molar-refractivity contribution in [1.29, 1.82) is 0 Å². The number of nitrogens with zero attached hydrogens (tertiary/aromatic N) is 2. The summed E-state index contributed by atoms with van der Waals surface area (Å²) in [6.45, 7) is 3.21. The third-order valence-electron chi connectivity index (χ3n) is 7.49. The van der Waals surface area contributed by atoms with Gasteiger partial charge in [-0.05, 0) is 49.4 Å². The summed E-state index contributed by atoms with van der Waals surface area (Å²) in [5.41, 5.74) is 6.70. The zero-order valence-electron chi connectivity index (χ0n) is 23.3. The van der Waals surface area contributed by atoms with Gasteiger partial charge in [0.05, 0.1) is 35.3 Å². The molecule has 0 amide bonds. The number of benzene rings is 2. The lowest BCUT2D eigenvalue weighted by Crippen LogP contribution is -2.46. The molecule has 0 saturated heterocycles. The molecule has 222 valence electrons. The number of allylic oxidation sites excluding steroid dienone is 2. The molecule has 2 aromatic carbocycles. The Bertz CT molecular complexity index is 1670. The highest BCUT2D eigenvalue weighted by Gasteiger charge is 2.52. The van der Waals surface area contributed by atoms with Gasteiger partial charge in [-0.25, -0.2) is 9.18 Å². The van der Waals surface area contributed by atoms with Crippen LogP contribution in [0.1, 0.15) is 42.5 Å². The second kappa shape index (κ2) is 12.2. The number of Topliss-reactive ketones (excluding diaryl/α,β-unsaturated/α-hetero) is 1. The molecule has 0 radical (unpaired) electrons. The van der Waals surface area contributed by atoms with Crippen LogP contribution in [-0.2, 0) is 23.9 Å². The molecule has 10 nitrogen and oxygen atoms in total. The third-order valence-corrected chi connectivity index (χ3v) is 8.50. The average molecular weight is 606 g/mol. The summed E-state index contributed by atoms with van der Waals surface area (Å²) in [6, 6.07) is 14.9. The smallest absolute Gasteiger partial charge is 0.338 e. The number of thiophene rings is 1. The van der Waals surface area contributed by atoms with Crippen molar-refractivity contribution in [1.82, 2.24) is 0 Å². The van der Waals surface area contributed by atoms with Crippen molar-refractivity contribution in [2.24, 2.45) is 11.7 Å². The van der Waals surface area contributed by atoms with E-state index in [2.05, 4.69) is 0 Å². The molecule has 2 aliphatic rings. The number of nitrogens with two attached hydrogens (primary N) is 1.